The molecule has 0 saturated carbocycles. The number of ether oxygens (including phenoxy) is 1. The number of aromatic hydroxyl groups is 1. The molecule has 4 atom stereocenters. The minimum absolute atomic E-state index is 0. The monoisotopic (exact) mass is 888 g/mol. The molecule has 0 bridgehead atoms. The van der Waals surface area contributed by atoms with E-state index in [4.69, 9.17) is 35.1 Å². The number of aliphatic hydroxyl groups is 5. The number of hydrogen-bond acceptors (Lipinski definition) is 12. The van der Waals surface area contributed by atoms with Crippen LogP contribution in [0.5, 0.6) is 11.5 Å². The van der Waals surface area contributed by atoms with Crippen LogP contribution in [0.3, 0.4) is 0 Å². The van der Waals surface area contributed by atoms with Gasteiger partial charge in [-0.25, -0.2) is 0 Å². The first kappa shape index (κ1) is 58.1. The van der Waals surface area contributed by atoms with Gasteiger partial charge in [-0.2, -0.15) is 0 Å². The molecule has 1 radical (unpaired) electrons. The van der Waals surface area contributed by atoms with E-state index in [0.717, 1.165) is 32.0 Å². The van der Waals surface area contributed by atoms with Crippen molar-refractivity contribution in [3.8, 4) is 11.5 Å². The molecule has 14 heteroatoms. The summed E-state index contributed by atoms with van der Waals surface area (Å²) in [7, 11) is 1.57. The van der Waals surface area contributed by atoms with Crippen molar-refractivity contribution in [3.05, 3.63) is 46.5 Å². The predicted octanol–water partition coefficient (Wildman–Crippen LogP) is 6.54. The Morgan fingerprint density at radius 3 is 1.25 bits per heavy atom. The van der Waals surface area contributed by atoms with E-state index in [0.29, 0.717) is 18.0 Å². The van der Waals surface area contributed by atoms with Crippen LogP contribution in [0.2, 0.25) is 0 Å². The number of likely N-dealkylation sites (N-methyl/N-ethyl adjacent to an activating group) is 1. The van der Waals surface area contributed by atoms with Gasteiger partial charge in [-0.3, -0.25) is 0 Å². The van der Waals surface area contributed by atoms with E-state index >= 15 is 0 Å². The SMILES string of the molecule is C.CC(C)(Sc1cc(C(C)(C)C)c(O)c(C(C)(C)C)c1)Sc1cc(C(C)(C)C)c(O[C-]=O)c(C(C)(C)C)c1.CNCC(O)C(O)C(O)C(O)CO.O=[C-]O.[Y]. The number of hydrogen-bond donors (Lipinski definition) is 8. The summed E-state index contributed by atoms with van der Waals surface area (Å²) in [6.07, 6.45) is -5.65. The van der Waals surface area contributed by atoms with Crippen LogP contribution in [-0.2, 0) is 64.0 Å². The van der Waals surface area contributed by atoms with Crippen molar-refractivity contribution >= 4 is 36.5 Å². The molecule has 11 nitrogen and oxygen atoms in total. The zero-order valence-corrected chi connectivity index (χ0v) is 39.3. The van der Waals surface area contributed by atoms with Crippen LogP contribution in [0, 0.1) is 0 Å². The first-order valence-corrected chi connectivity index (χ1v) is 19.0. The Labute approximate surface area is 364 Å². The molecule has 0 amide bonds. The van der Waals surface area contributed by atoms with Crippen LogP contribution >= 0.6 is 23.5 Å². The minimum atomic E-state index is -1.55. The molecule has 4 unspecified atom stereocenters. The summed E-state index contributed by atoms with van der Waals surface area (Å²) >= 11 is 3.61. The number of thioether (sulfide) groups is 2. The summed E-state index contributed by atoms with van der Waals surface area (Å²) in [5.74, 6) is 1.02. The van der Waals surface area contributed by atoms with E-state index in [2.05, 4.69) is 127 Å². The first-order chi connectivity index (χ1) is 23.9. The van der Waals surface area contributed by atoms with Crippen molar-refractivity contribution in [2.75, 3.05) is 20.2 Å². The Morgan fingerprint density at radius 2 is 0.982 bits per heavy atom. The van der Waals surface area contributed by atoms with Crippen molar-refractivity contribution in [2.24, 2.45) is 0 Å². The summed E-state index contributed by atoms with van der Waals surface area (Å²) in [4.78, 5) is 21.8. The summed E-state index contributed by atoms with van der Waals surface area (Å²) in [5.41, 5.74) is 3.18. The topological polar surface area (TPSA) is 197 Å². The molecule has 55 heavy (non-hydrogen) atoms. The number of nitrogens with one attached hydrogen (secondary N) is 1. The van der Waals surface area contributed by atoms with Crippen molar-refractivity contribution < 1.29 is 82.8 Å². The molecule has 2 aromatic carbocycles. The molecule has 0 fully saturated rings. The van der Waals surface area contributed by atoms with Gasteiger partial charge in [0.05, 0.1) is 16.8 Å². The maximum atomic E-state index is 11.3. The fourth-order valence-corrected chi connectivity index (χ4v) is 7.81. The van der Waals surface area contributed by atoms with Gasteiger partial charge in [0.1, 0.15) is 24.1 Å². The van der Waals surface area contributed by atoms with Crippen molar-refractivity contribution in [3.63, 3.8) is 0 Å². The van der Waals surface area contributed by atoms with Gasteiger partial charge >= 0.3 is 0 Å². The van der Waals surface area contributed by atoms with Gasteiger partial charge in [0, 0.05) is 60.2 Å². The largest absolute Gasteiger partial charge is 0.665 e. The molecule has 0 saturated heterocycles. The number of aliphatic hydroxyl groups excluding tert-OH is 6. The van der Waals surface area contributed by atoms with Crippen molar-refractivity contribution in [2.45, 2.75) is 164 Å². The Morgan fingerprint density at radius 1 is 0.673 bits per heavy atom. The second-order valence-corrected chi connectivity index (χ2v) is 21.1. The second kappa shape index (κ2) is 24.0. The summed E-state index contributed by atoms with van der Waals surface area (Å²) in [6.45, 7) is 31.8. The average Bonchev–Trinajstić information content (AvgIpc) is 2.99. The molecular formula is C41H69NO10S2Y-2. The van der Waals surface area contributed by atoms with E-state index in [9.17, 15) is 15.0 Å². The van der Waals surface area contributed by atoms with Crippen LogP contribution in [0.4, 0.5) is 0 Å². The maximum absolute atomic E-state index is 11.3. The quantitative estimate of drug-likeness (QED) is 0.0651. The standard InChI is InChI=1S/C32H47O3S2.C7H17NO5.CHO2.CH4.Y/c1-28(2,3)22-15-20(16-23(26(22)34)29(4,5)6)36-32(13,14)37-21-17-24(30(7,8)9)27(35-19-33)25(18-21)31(10,11)12;1-8-2-4(10)6(12)7(13)5(11)3-9;2-1-3;;/h15-18,34H,1-14H3;4-13H,2-3H2,1H3;(H,2,3);1H4;/q-1;;-1;;. The molecule has 0 aliphatic carbocycles. The van der Waals surface area contributed by atoms with Crippen LogP contribution in [0.25, 0.3) is 0 Å². The molecular weight excluding hydrogens is 819 g/mol. The Hall–Kier alpha value is -1.26. The van der Waals surface area contributed by atoms with E-state index in [1.807, 2.05) is 11.8 Å². The Balaban J connectivity index is -0.00000127. The molecule has 2 aromatic rings. The van der Waals surface area contributed by atoms with Gasteiger partial charge in [0.15, 0.2) is 6.47 Å². The molecule has 0 heterocycles. The van der Waals surface area contributed by atoms with Crippen LogP contribution in [-0.4, -0.2) is 97.4 Å². The fourth-order valence-electron chi connectivity index (χ4n) is 5.22. The third-order valence-electron chi connectivity index (χ3n) is 7.99. The van der Waals surface area contributed by atoms with Crippen molar-refractivity contribution in [1.29, 1.82) is 0 Å². The maximum Gasteiger partial charge on any atom is 0.170 e. The van der Waals surface area contributed by atoms with Crippen molar-refractivity contribution in [1.82, 2.24) is 5.32 Å². The van der Waals surface area contributed by atoms with E-state index in [-0.39, 0.29) is 72.4 Å². The molecule has 315 valence electrons. The molecule has 8 N–H and O–H groups in total. The molecule has 0 aliphatic rings. The second-order valence-electron chi connectivity index (χ2n) is 17.5. The number of benzene rings is 2. The zero-order chi connectivity index (χ0) is 41.9. The number of phenols is 1. The van der Waals surface area contributed by atoms with Gasteiger partial charge in [0.25, 0.3) is 0 Å². The number of rotatable bonds is 12. The Kier molecular flexibility index (Phi) is 25.3. The normalized spacial score (nSPS) is 14.3. The van der Waals surface area contributed by atoms with E-state index in [1.54, 1.807) is 25.3 Å². The van der Waals surface area contributed by atoms with Gasteiger partial charge in [0.2, 0.25) is 0 Å². The van der Waals surface area contributed by atoms with Crippen LogP contribution in [0.1, 0.15) is 127 Å². The summed E-state index contributed by atoms with van der Waals surface area (Å²) in [5, 5.41) is 65.4. The number of phenolic OH excluding ortho intramolecular Hbond substituents is 1. The van der Waals surface area contributed by atoms with E-state index in [1.165, 1.54) is 0 Å². The van der Waals surface area contributed by atoms with E-state index < -0.39 is 31.0 Å². The predicted molar refractivity (Wildman–Crippen MR) is 222 cm³/mol. The molecule has 0 aromatic heterocycles. The summed E-state index contributed by atoms with van der Waals surface area (Å²) in [6, 6.07) is 8.62. The van der Waals surface area contributed by atoms with Gasteiger partial charge in [-0.1, -0.05) is 120 Å². The molecule has 0 spiro atoms. The van der Waals surface area contributed by atoms with Gasteiger partial charge in [-0.15, -0.1) is 23.5 Å². The van der Waals surface area contributed by atoms with Crippen LogP contribution in [0.15, 0.2) is 34.1 Å². The van der Waals surface area contributed by atoms with Crippen LogP contribution < -0.4 is 10.1 Å². The van der Waals surface area contributed by atoms with Gasteiger partial charge < -0.3 is 55.4 Å². The molecule has 2 rings (SSSR count). The smallest absolute Gasteiger partial charge is 0.170 e. The molecule has 0 aliphatic heterocycles. The summed E-state index contributed by atoms with van der Waals surface area (Å²) < 4.78 is 5.26. The first-order valence-electron chi connectivity index (χ1n) is 17.4. The Bertz CT molecular complexity index is 1390. The third kappa shape index (κ3) is 18.9. The minimum Gasteiger partial charge on any atom is -0.665 e. The number of carbonyl (C=O) groups excluding carboxylic acids is 1. The van der Waals surface area contributed by atoms with Gasteiger partial charge in [-0.05, 0) is 60.4 Å². The third-order valence-corrected chi connectivity index (χ3v) is 10.4. The zero-order valence-electron chi connectivity index (χ0n) is 34.8. The average molecular weight is 889 g/mol. The fraction of sp³-hybridized carbons (Fsp3) is 0.659.